The van der Waals surface area contributed by atoms with Gasteiger partial charge in [0.25, 0.3) is 5.56 Å². The minimum atomic E-state index is -0.418. The van der Waals surface area contributed by atoms with Gasteiger partial charge < -0.3 is 10.2 Å². The summed E-state index contributed by atoms with van der Waals surface area (Å²) >= 11 is 0. The number of fused-ring (bicyclic) bond motifs is 1. The minimum absolute atomic E-state index is 0.0375. The van der Waals surface area contributed by atoms with Crippen LogP contribution in [0.5, 0.6) is 0 Å². The van der Waals surface area contributed by atoms with Crippen molar-refractivity contribution in [3.8, 4) is 5.69 Å². The van der Waals surface area contributed by atoms with Crippen LogP contribution in [0.2, 0.25) is 0 Å². The number of carbonyl (C=O) groups excluding carboxylic acids is 1. The maximum atomic E-state index is 13.6. The number of aryl methyl sites for hydroxylation is 1. The van der Waals surface area contributed by atoms with Gasteiger partial charge in [0.05, 0.1) is 11.7 Å². The van der Waals surface area contributed by atoms with Crippen molar-refractivity contribution in [1.82, 2.24) is 15.1 Å². The van der Waals surface area contributed by atoms with E-state index in [2.05, 4.69) is 33.5 Å². The van der Waals surface area contributed by atoms with Crippen molar-refractivity contribution in [1.29, 1.82) is 0 Å². The van der Waals surface area contributed by atoms with Crippen LogP contribution in [0.3, 0.4) is 0 Å². The Balaban J connectivity index is 1.24. The van der Waals surface area contributed by atoms with Gasteiger partial charge in [0.2, 0.25) is 5.91 Å². The lowest BCUT2D eigenvalue weighted by Gasteiger charge is -2.34. The number of halogens is 1. The van der Waals surface area contributed by atoms with Crippen LogP contribution in [0, 0.1) is 11.7 Å². The Labute approximate surface area is 192 Å². The van der Waals surface area contributed by atoms with E-state index < -0.39 is 5.82 Å². The highest BCUT2D eigenvalue weighted by molar-refractivity contribution is 5.79. The molecule has 7 heteroatoms. The van der Waals surface area contributed by atoms with Crippen LogP contribution < -0.4 is 15.8 Å². The van der Waals surface area contributed by atoms with Crippen LogP contribution in [0.15, 0.2) is 65.5 Å². The highest BCUT2D eigenvalue weighted by Gasteiger charge is 2.29. The molecule has 1 N–H and O–H groups in total. The lowest BCUT2D eigenvalue weighted by atomic mass is 9.87. The van der Waals surface area contributed by atoms with Crippen LogP contribution in [0.25, 0.3) is 5.69 Å². The third-order valence-electron chi connectivity index (χ3n) is 6.71. The fourth-order valence-corrected chi connectivity index (χ4v) is 4.93. The predicted octanol–water partition coefficient (Wildman–Crippen LogP) is 3.78. The van der Waals surface area contributed by atoms with Crippen LogP contribution in [0.1, 0.15) is 42.9 Å². The smallest absolute Gasteiger partial charge is 0.271 e. The Morgan fingerprint density at radius 3 is 2.64 bits per heavy atom. The van der Waals surface area contributed by atoms with E-state index in [1.165, 1.54) is 34.0 Å². The van der Waals surface area contributed by atoms with Gasteiger partial charge in [0.1, 0.15) is 11.6 Å². The van der Waals surface area contributed by atoms with Crippen molar-refractivity contribution in [3.63, 3.8) is 0 Å². The van der Waals surface area contributed by atoms with Crippen molar-refractivity contribution in [2.75, 3.05) is 18.0 Å². The van der Waals surface area contributed by atoms with E-state index in [4.69, 9.17) is 0 Å². The summed E-state index contributed by atoms with van der Waals surface area (Å²) in [4.78, 5) is 27.4. The number of anilines is 1. The van der Waals surface area contributed by atoms with Gasteiger partial charge in [-0.05, 0) is 67.5 Å². The molecule has 1 saturated heterocycles. The molecular formula is C26H27FN4O2. The Hall–Kier alpha value is -3.48. The molecular weight excluding hydrogens is 419 g/mol. The second-order valence-corrected chi connectivity index (χ2v) is 8.83. The molecule has 2 heterocycles. The number of hydrogen-bond acceptors (Lipinski definition) is 4. The lowest BCUT2D eigenvalue weighted by Crippen LogP contribution is -2.42. The Kier molecular flexibility index (Phi) is 5.94. The molecule has 2 aromatic carbocycles. The van der Waals surface area contributed by atoms with E-state index in [1.54, 1.807) is 18.2 Å². The summed E-state index contributed by atoms with van der Waals surface area (Å²) in [5.74, 6) is 0.316. The topological polar surface area (TPSA) is 67.2 Å². The van der Waals surface area contributed by atoms with Crippen molar-refractivity contribution < 1.29 is 9.18 Å². The fraction of sp³-hybridized carbons (Fsp3) is 0.346. The van der Waals surface area contributed by atoms with Crippen LogP contribution >= 0.6 is 0 Å². The molecule has 5 rings (SSSR count). The molecule has 170 valence electrons. The number of hydrogen-bond donors (Lipinski definition) is 1. The highest BCUT2D eigenvalue weighted by Crippen LogP contribution is 2.30. The summed E-state index contributed by atoms with van der Waals surface area (Å²) in [5.41, 5.74) is 2.66. The summed E-state index contributed by atoms with van der Waals surface area (Å²) in [6.45, 7) is 1.35. The van der Waals surface area contributed by atoms with Crippen molar-refractivity contribution in [2.24, 2.45) is 5.92 Å². The first-order valence-corrected chi connectivity index (χ1v) is 11.6. The molecule has 0 unspecified atom stereocenters. The second-order valence-electron chi connectivity index (χ2n) is 8.83. The van der Waals surface area contributed by atoms with Gasteiger partial charge in [-0.2, -0.15) is 4.68 Å². The molecule has 1 aromatic heterocycles. The molecule has 0 bridgehead atoms. The largest absolute Gasteiger partial charge is 0.355 e. The summed E-state index contributed by atoms with van der Waals surface area (Å²) in [7, 11) is 0. The van der Waals surface area contributed by atoms with E-state index in [9.17, 15) is 14.0 Å². The molecule has 0 radical (unpaired) electrons. The summed E-state index contributed by atoms with van der Waals surface area (Å²) < 4.78 is 14.8. The number of rotatable bonds is 4. The van der Waals surface area contributed by atoms with Crippen molar-refractivity contribution in [2.45, 2.75) is 38.1 Å². The molecule has 2 aliphatic rings. The fourth-order valence-electron chi connectivity index (χ4n) is 4.93. The van der Waals surface area contributed by atoms with Crippen LogP contribution in [-0.2, 0) is 11.2 Å². The van der Waals surface area contributed by atoms with Gasteiger partial charge in [0.15, 0.2) is 0 Å². The normalized spacial score (nSPS) is 18.6. The molecule has 0 spiro atoms. The highest BCUT2D eigenvalue weighted by atomic mass is 19.1. The Morgan fingerprint density at radius 1 is 1.00 bits per heavy atom. The maximum absolute atomic E-state index is 13.6. The van der Waals surface area contributed by atoms with E-state index >= 15 is 0 Å². The van der Waals surface area contributed by atoms with E-state index in [-0.39, 0.29) is 23.4 Å². The Bertz CT molecular complexity index is 1220. The molecule has 1 aliphatic heterocycles. The molecule has 1 fully saturated rings. The predicted molar refractivity (Wildman–Crippen MR) is 125 cm³/mol. The summed E-state index contributed by atoms with van der Waals surface area (Å²) in [5, 5.41) is 7.75. The average molecular weight is 447 g/mol. The number of aromatic nitrogens is 2. The molecule has 3 aromatic rings. The number of nitrogens with zero attached hydrogens (tertiary/aromatic N) is 3. The first-order chi connectivity index (χ1) is 16.1. The molecule has 33 heavy (non-hydrogen) atoms. The minimum Gasteiger partial charge on any atom is -0.355 e. The molecule has 1 amide bonds. The summed E-state index contributed by atoms with van der Waals surface area (Å²) in [6, 6.07) is 17.5. The third-order valence-corrected chi connectivity index (χ3v) is 6.71. The number of nitrogens with one attached hydrogen (secondary N) is 1. The van der Waals surface area contributed by atoms with Gasteiger partial charge in [-0.15, -0.1) is 5.10 Å². The lowest BCUT2D eigenvalue weighted by molar-refractivity contribution is -0.126. The zero-order chi connectivity index (χ0) is 22.8. The van der Waals surface area contributed by atoms with Gasteiger partial charge in [-0.1, -0.05) is 30.3 Å². The first kappa shape index (κ1) is 21.4. The SMILES string of the molecule is O=C(N[C@@H]1CCCc2ccccc21)C1CCN(c2ccc(=O)n(-c3cccc(F)c3)n2)CC1. The number of piperidine rings is 1. The van der Waals surface area contributed by atoms with Gasteiger partial charge >= 0.3 is 0 Å². The molecule has 0 saturated carbocycles. The monoisotopic (exact) mass is 446 g/mol. The Morgan fingerprint density at radius 2 is 1.82 bits per heavy atom. The van der Waals surface area contributed by atoms with Crippen LogP contribution in [-0.4, -0.2) is 28.8 Å². The number of carbonyl (C=O) groups is 1. The molecule has 1 aliphatic carbocycles. The third kappa shape index (κ3) is 4.53. The average Bonchev–Trinajstić information content (AvgIpc) is 2.85. The van der Waals surface area contributed by atoms with E-state index in [1.807, 2.05) is 6.07 Å². The number of amides is 1. The zero-order valence-electron chi connectivity index (χ0n) is 18.4. The molecule has 1 atom stereocenters. The van der Waals surface area contributed by atoms with Crippen molar-refractivity contribution >= 4 is 11.7 Å². The summed E-state index contributed by atoms with van der Waals surface area (Å²) in [6.07, 6.45) is 4.59. The van der Waals surface area contributed by atoms with E-state index in [0.717, 1.165) is 32.1 Å². The van der Waals surface area contributed by atoms with Crippen molar-refractivity contribution in [3.05, 3.63) is 88.0 Å². The van der Waals surface area contributed by atoms with Crippen LogP contribution in [0.4, 0.5) is 10.2 Å². The van der Waals surface area contributed by atoms with Gasteiger partial charge in [-0.25, -0.2) is 4.39 Å². The second kappa shape index (κ2) is 9.17. The van der Waals surface area contributed by atoms with E-state index in [0.29, 0.717) is 24.6 Å². The zero-order valence-corrected chi connectivity index (χ0v) is 18.4. The van der Waals surface area contributed by atoms with Gasteiger partial charge in [-0.3, -0.25) is 9.59 Å². The molecule has 6 nitrogen and oxygen atoms in total. The first-order valence-electron chi connectivity index (χ1n) is 11.6. The maximum Gasteiger partial charge on any atom is 0.271 e. The van der Waals surface area contributed by atoms with Gasteiger partial charge in [0, 0.05) is 25.1 Å². The quantitative estimate of drug-likeness (QED) is 0.662. The number of benzene rings is 2. The standard InChI is InChI=1S/C26H27FN4O2/c27-20-7-4-8-21(17-20)31-25(32)12-11-24(29-31)30-15-13-19(14-16-30)26(33)28-23-10-3-6-18-5-1-2-9-22(18)23/h1-2,4-5,7-9,11-12,17,19,23H,3,6,10,13-16H2,(H,28,33)/t23-/m1/s1.